The van der Waals surface area contributed by atoms with Crippen molar-refractivity contribution in [3.05, 3.63) is 64.7 Å². The molecule has 3 rings (SSSR count). The quantitative estimate of drug-likeness (QED) is 0.481. The highest BCUT2D eigenvalue weighted by molar-refractivity contribution is 7.92. The molecule has 0 saturated heterocycles. The average molecular weight is 534 g/mol. The second-order valence-corrected chi connectivity index (χ2v) is 11.8. The van der Waals surface area contributed by atoms with E-state index in [0.29, 0.717) is 17.1 Å². The van der Waals surface area contributed by atoms with Crippen LogP contribution in [0.15, 0.2) is 48.5 Å². The van der Waals surface area contributed by atoms with Gasteiger partial charge in [-0.15, -0.1) is 0 Å². The summed E-state index contributed by atoms with van der Waals surface area (Å²) in [6.45, 7) is 3.45. The summed E-state index contributed by atoms with van der Waals surface area (Å²) in [5, 5.41) is 3.55. The Hall–Kier alpha value is -2.58. The first kappa shape index (κ1) is 28.0. The highest BCUT2D eigenvalue weighted by Crippen LogP contribution is 2.26. The zero-order valence-electron chi connectivity index (χ0n) is 21.2. The van der Waals surface area contributed by atoms with Crippen molar-refractivity contribution in [2.45, 2.75) is 71.0 Å². The van der Waals surface area contributed by atoms with Gasteiger partial charge in [-0.3, -0.25) is 13.9 Å². The second-order valence-electron chi connectivity index (χ2n) is 9.48. The largest absolute Gasteiger partial charge is 0.352 e. The Morgan fingerprint density at radius 1 is 1.08 bits per heavy atom. The van der Waals surface area contributed by atoms with Gasteiger partial charge in [-0.1, -0.05) is 74.2 Å². The van der Waals surface area contributed by atoms with Gasteiger partial charge in [0.25, 0.3) is 0 Å². The molecule has 7 nitrogen and oxygen atoms in total. The highest BCUT2D eigenvalue weighted by atomic mass is 35.5. The number of anilines is 1. The maximum absolute atomic E-state index is 13.7. The van der Waals surface area contributed by atoms with Crippen LogP contribution in [-0.2, 0) is 26.2 Å². The second kappa shape index (κ2) is 12.6. The number of amides is 2. The van der Waals surface area contributed by atoms with Crippen molar-refractivity contribution < 1.29 is 18.0 Å². The fourth-order valence-electron chi connectivity index (χ4n) is 4.59. The number of hydrogen-bond donors (Lipinski definition) is 1. The molecule has 2 aromatic rings. The lowest BCUT2D eigenvalue weighted by molar-refractivity contribution is -0.140. The van der Waals surface area contributed by atoms with Crippen LogP contribution in [0.25, 0.3) is 0 Å². The molecule has 1 unspecified atom stereocenters. The van der Waals surface area contributed by atoms with Crippen LogP contribution in [0.3, 0.4) is 0 Å². The van der Waals surface area contributed by atoms with Crippen molar-refractivity contribution in [1.82, 2.24) is 10.2 Å². The van der Waals surface area contributed by atoms with E-state index in [1.807, 2.05) is 44.2 Å². The van der Waals surface area contributed by atoms with Crippen molar-refractivity contribution in [2.75, 3.05) is 17.1 Å². The maximum atomic E-state index is 13.7. The van der Waals surface area contributed by atoms with Crippen molar-refractivity contribution in [3.63, 3.8) is 0 Å². The molecule has 1 aliphatic rings. The average Bonchev–Trinajstić information content (AvgIpc) is 2.84. The van der Waals surface area contributed by atoms with Gasteiger partial charge in [0.2, 0.25) is 21.8 Å². The van der Waals surface area contributed by atoms with E-state index in [9.17, 15) is 18.0 Å². The van der Waals surface area contributed by atoms with E-state index >= 15 is 0 Å². The summed E-state index contributed by atoms with van der Waals surface area (Å²) in [7, 11) is -3.80. The smallest absolute Gasteiger partial charge is 0.244 e. The van der Waals surface area contributed by atoms with Crippen LogP contribution in [0.4, 0.5) is 5.69 Å². The number of carbonyl (C=O) groups is 2. The Morgan fingerprint density at radius 3 is 2.33 bits per heavy atom. The zero-order chi connectivity index (χ0) is 26.3. The molecule has 1 aliphatic carbocycles. The molecule has 0 bridgehead atoms. The monoisotopic (exact) mass is 533 g/mol. The lowest BCUT2D eigenvalue weighted by Gasteiger charge is -2.34. The molecule has 0 heterocycles. The summed E-state index contributed by atoms with van der Waals surface area (Å²) < 4.78 is 26.5. The standard InChI is InChI=1S/C27H36ClN3O4S/c1-4-25(27(33)29-22-13-9-6-10-14-22)30(18-21-11-7-5-8-12-21)26(32)19-31(36(3,34)35)23-16-15-20(2)24(28)17-23/h5,7-8,11-12,15-17,22,25H,4,6,9-10,13-14,18-19H2,1-3H3,(H,29,33). The van der Waals surface area contributed by atoms with E-state index in [1.165, 1.54) is 11.3 Å². The first-order valence-corrected chi connectivity index (χ1v) is 14.7. The van der Waals surface area contributed by atoms with Gasteiger partial charge in [0.1, 0.15) is 12.6 Å². The Bertz CT molecular complexity index is 1150. The number of hydrogen-bond acceptors (Lipinski definition) is 4. The first-order valence-electron chi connectivity index (χ1n) is 12.5. The Morgan fingerprint density at radius 2 is 1.75 bits per heavy atom. The lowest BCUT2D eigenvalue weighted by atomic mass is 9.95. The number of halogens is 1. The Labute approximate surface area is 219 Å². The van der Waals surface area contributed by atoms with E-state index in [1.54, 1.807) is 18.2 Å². The number of sulfonamides is 1. The molecule has 0 aromatic heterocycles. The molecule has 0 spiro atoms. The van der Waals surface area contributed by atoms with Crippen LogP contribution < -0.4 is 9.62 Å². The highest BCUT2D eigenvalue weighted by Gasteiger charge is 2.32. The minimum absolute atomic E-state index is 0.108. The molecule has 196 valence electrons. The number of aryl methyl sites for hydroxylation is 1. The predicted octanol–water partition coefficient (Wildman–Crippen LogP) is 4.67. The number of nitrogens with one attached hydrogen (secondary N) is 1. The number of carbonyl (C=O) groups excluding carboxylic acids is 2. The molecule has 1 saturated carbocycles. The van der Waals surface area contributed by atoms with Gasteiger partial charge < -0.3 is 10.2 Å². The third-order valence-electron chi connectivity index (χ3n) is 6.66. The lowest BCUT2D eigenvalue weighted by Crippen LogP contribution is -2.53. The van der Waals surface area contributed by atoms with Crippen molar-refractivity contribution >= 4 is 39.1 Å². The molecule has 2 aromatic carbocycles. The van der Waals surface area contributed by atoms with E-state index in [-0.39, 0.29) is 18.5 Å². The Balaban J connectivity index is 1.90. The third kappa shape index (κ3) is 7.46. The molecule has 36 heavy (non-hydrogen) atoms. The predicted molar refractivity (Wildman–Crippen MR) is 144 cm³/mol. The van der Waals surface area contributed by atoms with E-state index in [0.717, 1.165) is 47.4 Å². The van der Waals surface area contributed by atoms with Crippen molar-refractivity contribution in [2.24, 2.45) is 0 Å². The minimum atomic E-state index is -3.80. The molecule has 0 radical (unpaired) electrons. The zero-order valence-corrected chi connectivity index (χ0v) is 22.8. The normalized spacial score (nSPS) is 15.2. The fraction of sp³-hybridized carbons (Fsp3) is 0.481. The number of benzene rings is 2. The number of nitrogens with zero attached hydrogens (tertiary/aromatic N) is 2. The van der Waals surface area contributed by atoms with Crippen LogP contribution in [0, 0.1) is 6.92 Å². The van der Waals surface area contributed by atoms with Gasteiger partial charge >= 0.3 is 0 Å². The maximum Gasteiger partial charge on any atom is 0.244 e. The Kier molecular flexibility index (Phi) is 9.79. The summed E-state index contributed by atoms with van der Waals surface area (Å²) in [4.78, 5) is 28.6. The van der Waals surface area contributed by atoms with Gasteiger partial charge in [-0.2, -0.15) is 0 Å². The molecular weight excluding hydrogens is 498 g/mol. The first-order chi connectivity index (χ1) is 17.1. The van der Waals surface area contributed by atoms with Gasteiger partial charge in [0.15, 0.2) is 0 Å². The molecular formula is C27H36ClN3O4S. The summed E-state index contributed by atoms with van der Waals surface area (Å²) in [5.74, 6) is -0.649. The topological polar surface area (TPSA) is 86.8 Å². The molecule has 1 atom stereocenters. The van der Waals surface area contributed by atoms with Crippen molar-refractivity contribution in [1.29, 1.82) is 0 Å². The molecule has 1 fully saturated rings. The van der Waals surface area contributed by atoms with Crippen LogP contribution in [0.2, 0.25) is 5.02 Å². The summed E-state index contributed by atoms with van der Waals surface area (Å²) in [5.41, 5.74) is 1.97. The third-order valence-corrected chi connectivity index (χ3v) is 8.20. The summed E-state index contributed by atoms with van der Waals surface area (Å²) in [6.07, 6.45) is 6.67. The van der Waals surface area contributed by atoms with Gasteiger partial charge in [-0.25, -0.2) is 8.42 Å². The van der Waals surface area contributed by atoms with Gasteiger partial charge in [-0.05, 0) is 49.4 Å². The molecule has 0 aliphatic heterocycles. The van der Waals surface area contributed by atoms with Crippen LogP contribution >= 0.6 is 11.6 Å². The molecule has 9 heteroatoms. The SMILES string of the molecule is CCC(C(=O)NC1CCCCC1)N(Cc1ccccc1)C(=O)CN(c1ccc(C)c(Cl)c1)S(C)(=O)=O. The summed E-state index contributed by atoms with van der Waals surface area (Å²) >= 11 is 6.25. The molecule has 2 amide bonds. The fourth-order valence-corrected chi connectivity index (χ4v) is 5.61. The van der Waals surface area contributed by atoms with Gasteiger partial charge in [0, 0.05) is 17.6 Å². The van der Waals surface area contributed by atoms with E-state index in [2.05, 4.69) is 5.32 Å². The number of rotatable bonds is 10. The summed E-state index contributed by atoms with van der Waals surface area (Å²) in [6, 6.07) is 13.7. The minimum Gasteiger partial charge on any atom is -0.352 e. The van der Waals surface area contributed by atoms with Gasteiger partial charge in [0.05, 0.1) is 11.9 Å². The molecule has 1 N–H and O–H groups in total. The van der Waals surface area contributed by atoms with Crippen molar-refractivity contribution in [3.8, 4) is 0 Å². The van der Waals surface area contributed by atoms with E-state index < -0.39 is 28.5 Å². The van der Waals surface area contributed by atoms with Crippen LogP contribution in [-0.4, -0.2) is 50.0 Å². The van der Waals surface area contributed by atoms with E-state index in [4.69, 9.17) is 11.6 Å². The van der Waals surface area contributed by atoms with Crippen LogP contribution in [0.5, 0.6) is 0 Å². The van der Waals surface area contributed by atoms with Crippen LogP contribution in [0.1, 0.15) is 56.6 Å².